The molecule has 0 fully saturated rings. The van der Waals surface area contributed by atoms with Crippen LogP contribution in [0.3, 0.4) is 0 Å². The van der Waals surface area contributed by atoms with E-state index in [1.807, 2.05) is 37.3 Å². The third kappa shape index (κ3) is 10.6. The standard InChI is InChI=1S/C30H38O/c1-23(12-8-9-13-24(2)15-11-17-26(4)22-31)14-10-16-25(3)18-20-30-21-19-27(5)28(6)29(30)7/h8-21,31H,22H2,1-7H3/b9-8+,14-10+,15-11+,20-18+,23-12+,24-13+,25-16+,26-17+. The molecular weight excluding hydrogens is 376 g/mol. The fraction of sp³-hybridized carbons (Fsp3) is 0.267. The van der Waals surface area contributed by atoms with E-state index in [1.165, 1.54) is 33.4 Å². The van der Waals surface area contributed by atoms with Gasteiger partial charge >= 0.3 is 0 Å². The van der Waals surface area contributed by atoms with Crippen molar-refractivity contribution in [2.45, 2.75) is 48.5 Å². The van der Waals surface area contributed by atoms with Gasteiger partial charge in [-0.05, 0) is 76.3 Å². The van der Waals surface area contributed by atoms with Crippen LogP contribution in [0.25, 0.3) is 6.08 Å². The van der Waals surface area contributed by atoms with E-state index in [-0.39, 0.29) is 6.61 Å². The number of rotatable bonds is 9. The van der Waals surface area contributed by atoms with Gasteiger partial charge in [0.15, 0.2) is 0 Å². The van der Waals surface area contributed by atoms with Crippen LogP contribution in [0.1, 0.15) is 49.9 Å². The molecule has 1 rings (SSSR count). The highest BCUT2D eigenvalue weighted by Gasteiger charge is 2.00. The Hall–Kier alpha value is -2.90. The van der Waals surface area contributed by atoms with Crippen LogP contribution in [-0.2, 0) is 0 Å². The molecule has 0 aliphatic rings. The molecule has 0 aliphatic heterocycles. The number of benzene rings is 1. The Bertz CT molecular complexity index is 970. The Labute approximate surface area is 189 Å². The van der Waals surface area contributed by atoms with Crippen molar-refractivity contribution >= 4 is 6.08 Å². The van der Waals surface area contributed by atoms with Crippen molar-refractivity contribution in [2.75, 3.05) is 6.61 Å². The summed E-state index contributed by atoms with van der Waals surface area (Å²) in [5.74, 6) is 0. The average molecular weight is 415 g/mol. The van der Waals surface area contributed by atoms with Gasteiger partial charge in [-0.2, -0.15) is 0 Å². The van der Waals surface area contributed by atoms with Crippen LogP contribution in [0.2, 0.25) is 0 Å². The first-order chi connectivity index (χ1) is 14.7. The lowest BCUT2D eigenvalue weighted by Crippen LogP contribution is -1.89. The Kier molecular flexibility index (Phi) is 11.9. The summed E-state index contributed by atoms with van der Waals surface area (Å²) in [6, 6.07) is 4.38. The van der Waals surface area contributed by atoms with Crippen molar-refractivity contribution in [3.63, 3.8) is 0 Å². The molecule has 0 aliphatic carbocycles. The summed E-state index contributed by atoms with van der Waals surface area (Å²) in [6.45, 7) is 14.8. The lowest BCUT2D eigenvalue weighted by molar-refractivity contribution is 0.331. The molecule has 0 bridgehead atoms. The van der Waals surface area contributed by atoms with E-state index in [1.54, 1.807) is 0 Å². The monoisotopic (exact) mass is 414 g/mol. The predicted molar refractivity (Wildman–Crippen MR) is 139 cm³/mol. The summed E-state index contributed by atoms with van der Waals surface area (Å²) in [5.41, 5.74) is 9.85. The second-order valence-corrected chi connectivity index (χ2v) is 8.06. The van der Waals surface area contributed by atoms with Crippen LogP contribution in [-0.4, -0.2) is 11.7 Å². The topological polar surface area (TPSA) is 20.2 Å². The van der Waals surface area contributed by atoms with Crippen molar-refractivity contribution in [2.24, 2.45) is 0 Å². The van der Waals surface area contributed by atoms with Crippen LogP contribution in [0.15, 0.2) is 101 Å². The smallest absolute Gasteiger partial charge is 0.0642 e. The van der Waals surface area contributed by atoms with Crippen LogP contribution >= 0.6 is 0 Å². The molecule has 164 valence electrons. The second kappa shape index (κ2) is 14.2. The van der Waals surface area contributed by atoms with Gasteiger partial charge < -0.3 is 5.11 Å². The maximum absolute atomic E-state index is 8.97. The van der Waals surface area contributed by atoms with E-state index in [9.17, 15) is 0 Å². The highest BCUT2D eigenvalue weighted by atomic mass is 16.3. The quantitative estimate of drug-likeness (QED) is 0.405. The number of aliphatic hydroxyl groups is 1. The van der Waals surface area contributed by atoms with Gasteiger partial charge in [0.2, 0.25) is 0 Å². The molecule has 1 aromatic carbocycles. The zero-order valence-electron chi connectivity index (χ0n) is 20.2. The molecule has 0 amide bonds. The van der Waals surface area contributed by atoms with Crippen LogP contribution in [0, 0.1) is 20.8 Å². The lowest BCUT2D eigenvalue weighted by Gasteiger charge is -2.07. The molecule has 0 saturated heterocycles. The van der Waals surface area contributed by atoms with Gasteiger partial charge in [-0.3, -0.25) is 0 Å². The first-order valence-electron chi connectivity index (χ1n) is 10.8. The van der Waals surface area contributed by atoms with Crippen molar-refractivity contribution < 1.29 is 5.11 Å². The number of hydrogen-bond donors (Lipinski definition) is 1. The molecule has 0 saturated carbocycles. The Balaban J connectivity index is 2.65. The minimum absolute atomic E-state index is 0.0989. The van der Waals surface area contributed by atoms with Gasteiger partial charge in [-0.25, -0.2) is 0 Å². The Morgan fingerprint density at radius 1 is 0.677 bits per heavy atom. The van der Waals surface area contributed by atoms with Crippen LogP contribution in [0.5, 0.6) is 0 Å². The molecule has 0 atom stereocenters. The molecule has 0 aromatic heterocycles. The van der Waals surface area contributed by atoms with Gasteiger partial charge in [0, 0.05) is 0 Å². The fourth-order valence-corrected chi connectivity index (χ4v) is 2.73. The first-order valence-corrected chi connectivity index (χ1v) is 10.8. The lowest BCUT2D eigenvalue weighted by atomic mass is 9.98. The minimum Gasteiger partial charge on any atom is -0.392 e. The molecule has 0 spiro atoms. The fourth-order valence-electron chi connectivity index (χ4n) is 2.73. The molecule has 0 heterocycles. The third-order valence-electron chi connectivity index (χ3n) is 5.16. The minimum atomic E-state index is 0.0989. The van der Waals surface area contributed by atoms with Crippen molar-refractivity contribution in [3.8, 4) is 0 Å². The van der Waals surface area contributed by atoms with E-state index in [0.717, 1.165) is 11.1 Å². The molecule has 31 heavy (non-hydrogen) atoms. The Morgan fingerprint density at radius 2 is 1.19 bits per heavy atom. The van der Waals surface area contributed by atoms with Gasteiger partial charge in [-0.1, -0.05) is 102 Å². The first kappa shape index (κ1) is 26.1. The van der Waals surface area contributed by atoms with E-state index in [0.29, 0.717) is 0 Å². The van der Waals surface area contributed by atoms with E-state index >= 15 is 0 Å². The molecule has 1 N–H and O–H groups in total. The predicted octanol–water partition coefficient (Wildman–Crippen LogP) is 8.07. The normalized spacial score (nSPS) is 14.8. The summed E-state index contributed by atoms with van der Waals surface area (Å²) in [4.78, 5) is 0. The number of hydrogen-bond acceptors (Lipinski definition) is 1. The van der Waals surface area contributed by atoms with Gasteiger partial charge in [0.1, 0.15) is 0 Å². The summed E-state index contributed by atoms with van der Waals surface area (Å²) in [5, 5.41) is 8.97. The van der Waals surface area contributed by atoms with Gasteiger partial charge in [0.25, 0.3) is 0 Å². The second-order valence-electron chi connectivity index (χ2n) is 8.06. The van der Waals surface area contributed by atoms with E-state index < -0.39 is 0 Å². The molecule has 1 nitrogen and oxygen atoms in total. The van der Waals surface area contributed by atoms with E-state index in [2.05, 4.69) is 96.2 Å². The molecule has 0 radical (unpaired) electrons. The van der Waals surface area contributed by atoms with Crippen molar-refractivity contribution in [1.29, 1.82) is 0 Å². The zero-order valence-corrected chi connectivity index (χ0v) is 20.2. The van der Waals surface area contributed by atoms with Gasteiger partial charge in [-0.15, -0.1) is 0 Å². The van der Waals surface area contributed by atoms with Crippen molar-refractivity contribution in [3.05, 3.63) is 124 Å². The highest BCUT2D eigenvalue weighted by Crippen LogP contribution is 2.18. The summed E-state index contributed by atoms with van der Waals surface area (Å²) in [6.07, 6.45) is 24.8. The largest absolute Gasteiger partial charge is 0.392 e. The molecule has 1 heteroatoms. The molecular formula is C30H38O. The third-order valence-corrected chi connectivity index (χ3v) is 5.16. The molecule has 1 aromatic rings. The average Bonchev–Trinajstić information content (AvgIpc) is 2.74. The van der Waals surface area contributed by atoms with Crippen LogP contribution in [0.4, 0.5) is 0 Å². The number of aryl methyl sites for hydroxylation is 1. The van der Waals surface area contributed by atoms with Crippen LogP contribution < -0.4 is 0 Å². The summed E-state index contributed by atoms with van der Waals surface area (Å²) in [7, 11) is 0. The maximum atomic E-state index is 8.97. The van der Waals surface area contributed by atoms with E-state index in [4.69, 9.17) is 5.11 Å². The van der Waals surface area contributed by atoms with Crippen molar-refractivity contribution in [1.82, 2.24) is 0 Å². The summed E-state index contributed by atoms with van der Waals surface area (Å²) < 4.78 is 0. The zero-order chi connectivity index (χ0) is 23.2. The van der Waals surface area contributed by atoms with Gasteiger partial charge in [0.05, 0.1) is 6.61 Å². The number of aliphatic hydroxyl groups excluding tert-OH is 1. The SMILES string of the molecule is CC(/C=C/C=C(C)/C=C/c1ccc(C)c(C)c1C)=C\C=C\C=C(C)\C=C\C=C(/C)CO. The highest BCUT2D eigenvalue weighted by molar-refractivity contribution is 5.59. The molecule has 0 unspecified atom stereocenters. The maximum Gasteiger partial charge on any atom is 0.0642 e. The Morgan fingerprint density at radius 3 is 1.77 bits per heavy atom. The number of allylic oxidation sites excluding steroid dienone is 14. The summed E-state index contributed by atoms with van der Waals surface area (Å²) >= 11 is 0.